The molecule has 0 amide bonds. The maximum atomic E-state index is 12.7. The molecule has 0 aliphatic carbocycles. The summed E-state index contributed by atoms with van der Waals surface area (Å²) in [5, 5.41) is 12.6. The molecular formula is C25H20F3N7O3. The van der Waals surface area contributed by atoms with Crippen molar-refractivity contribution in [1.29, 1.82) is 5.26 Å². The van der Waals surface area contributed by atoms with Gasteiger partial charge >= 0.3 is 18.2 Å². The Balaban J connectivity index is 1.34. The number of benzene rings is 1. The van der Waals surface area contributed by atoms with Crippen LogP contribution >= 0.6 is 0 Å². The quantitative estimate of drug-likeness (QED) is 0.334. The number of nitrogens with one attached hydrogen (secondary N) is 2. The molecule has 1 aromatic carbocycles. The normalized spacial score (nSPS) is 11.0. The summed E-state index contributed by atoms with van der Waals surface area (Å²) in [6, 6.07) is 8.23. The van der Waals surface area contributed by atoms with E-state index in [1.807, 2.05) is 6.07 Å². The molecule has 0 saturated carbocycles. The number of hydrogen-bond acceptors (Lipinski definition) is 9. The summed E-state index contributed by atoms with van der Waals surface area (Å²) in [6.07, 6.45) is 2.35. The number of aromatic nitrogens is 5. The number of anilines is 1. The summed E-state index contributed by atoms with van der Waals surface area (Å²) < 4.78 is 48.3. The number of methoxy groups -OCH3 is 1. The summed E-state index contributed by atoms with van der Waals surface area (Å²) in [6.45, 7) is 0.453. The number of halogens is 3. The minimum absolute atomic E-state index is 0.117. The van der Waals surface area contributed by atoms with Crippen LogP contribution in [0.4, 0.5) is 19.0 Å². The van der Waals surface area contributed by atoms with Gasteiger partial charge < -0.3 is 19.8 Å². The van der Waals surface area contributed by atoms with Crippen molar-refractivity contribution in [1.82, 2.24) is 24.9 Å². The molecule has 0 saturated heterocycles. The molecule has 0 radical (unpaired) electrons. The second kappa shape index (κ2) is 11.4. The van der Waals surface area contributed by atoms with Gasteiger partial charge in [0.25, 0.3) is 0 Å². The lowest BCUT2D eigenvalue weighted by Gasteiger charge is -2.10. The first-order valence-electron chi connectivity index (χ1n) is 11.2. The van der Waals surface area contributed by atoms with E-state index in [4.69, 9.17) is 9.47 Å². The molecule has 10 nitrogen and oxygen atoms in total. The number of rotatable bonds is 9. The number of ether oxygens (including phenoxy) is 2. The second-order valence-electron chi connectivity index (χ2n) is 7.96. The van der Waals surface area contributed by atoms with Crippen molar-refractivity contribution < 1.29 is 22.6 Å². The van der Waals surface area contributed by atoms with E-state index in [0.717, 1.165) is 11.1 Å². The van der Waals surface area contributed by atoms with Crippen LogP contribution in [0.25, 0.3) is 0 Å². The van der Waals surface area contributed by atoms with Gasteiger partial charge in [0.2, 0.25) is 0 Å². The van der Waals surface area contributed by atoms with E-state index in [1.165, 1.54) is 19.2 Å². The molecule has 4 rings (SSSR count). The molecule has 3 aromatic heterocycles. The minimum Gasteiger partial charge on any atom is -0.467 e. The van der Waals surface area contributed by atoms with Crippen LogP contribution in [0.5, 0.6) is 17.8 Å². The number of nitriles is 1. The number of aromatic amines is 1. The van der Waals surface area contributed by atoms with Gasteiger partial charge in [-0.3, -0.25) is 4.79 Å². The zero-order chi connectivity index (χ0) is 27.1. The van der Waals surface area contributed by atoms with Crippen LogP contribution in [0, 0.1) is 11.3 Å². The molecule has 0 aliphatic rings. The SMILES string of the molecule is COc1ncc(Cc2c[nH]c(NCCc3ccc(Oc4ncc(C(F)(F)F)cn4)c(C#N)c3)cc2=O)cn1. The molecule has 0 bridgehead atoms. The monoisotopic (exact) mass is 523 g/mol. The third kappa shape index (κ3) is 6.61. The first-order valence-corrected chi connectivity index (χ1v) is 11.2. The van der Waals surface area contributed by atoms with Crippen LogP contribution < -0.4 is 20.2 Å². The van der Waals surface area contributed by atoms with Gasteiger partial charge in [-0.1, -0.05) is 6.07 Å². The van der Waals surface area contributed by atoms with Gasteiger partial charge in [0.05, 0.1) is 18.2 Å². The first kappa shape index (κ1) is 26.1. The number of H-pyrrole nitrogens is 1. The molecule has 4 aromatic rings. The highest BCUT2D eigenvalue weighted by Gasteiger charge is 2.31. The Bertz CT molecular complexity index is 1500. The molecule has 38 heavy (non-hydrogen) atoms. The van der Waals surface area contributed by atoms with Crippen molar-refractivity contribution in [2.45, 2.75) is 19.0 Å². The second-order valence-corrected chi connectivity index (χ2v) is 7.96. The Kier molecular flexibility index (Phi) is 7.81. The van der Waals surface area contributed by atoms with Crippen molar-refractivity contribution in [3.63, 3.8) is 0 Å². The summed E-state index contributed by atoms with van der Waals surface area (Å²) in [5.74, 6) is 0.649. The van der Waals surface area contributed by atoms with Crippen molar-refractivity contribution in [2.24, 2.45) is 0 Å². The van der Waals surface area contributed by atoms with Gasteiger partial charge in [-0.15, -0.1) is 0 Å². The van der Waals surface area contributed by atoms with E-state index in [2.05, 4.69) is 30.2 Å². The van der Waals surface area contributed by atoms with E-state index in [1.54, 1.807) is 30.7 Å². The van der Waals surface area contributed by atoms with Crippen molar-refractivity contribution >= 4 is 5.82 Å². The molecule has 3 heterocycles. The minimum atomic E-state index is -4.56. The third-order valence-electron chi connectivity index (χ3n) is 5.30. The fourth-order valence-electron chi connectivity index (χ4n) is 3.37. The van der Waals surface area contributed by atoms with Gasteiger partial charge in [0, 0.05) is 55.6 Å². The summed E-state index contributed by atoms with van der Waals surface area (Å²) in [4.78, 5) is 30.7. The van der Waals surface area contributed by atoms with E-state index < -0.39 is 11.7 Å². The maximum absolute atomic E-state index is 12.7. The lowest BCUT2D eigenvalue weighted by molar-refractivity contribution is -0.138. The molecule has 0 atom stereocenters. The predicted molar refractivity (Wildman–Crippen MR) is 129 cm³/mol. The molecule has 2 N–H and O–H groups in total. The fourth-order valence-corrected chi connectivity index (χ4v) is 3.37. The Labute approximate surface area is 214 Å². The van der Waals surface area contributed by atoms with Crippen LogP contribution in [-0.4, -0.2) is 38.6 Å². The highest BCUT2D eigenvalue weighted by Crippen LogP contribution is 2.29. The van der Waals surface area contributed by atoms with Crippen LogP contribution in [0.1, 0.15) is 27.8 Å². The molecule has 0 fully saturated rings. The summed E-state index contributed by atoms with van der Waals surface area (Å²) >= 11 is 0. The Morgan fingerprint density at radius 3 is 2.37 bits per heavy atom. The van der Waals surface area contributed by atoms with E-state index in [-0.39, 0.29) is 28.8 Å². The molecule has 194 valence electrons. The Morgan fingerprint density at radius 2 is 1.74 bits per heavy atom. The maximum Gasteiger partial charge on any atom is 0.419 e. The Hall–Kier alpha value is -4.99. The van der Waals surface area contributed by atoms with Gasteiger partial charge in [-0.05, 0) is 29.7 Å². The molecule has 0 unspecified atom stereocenters. The lowest BCUT2D eigenvalue weighted by atomic mass is 10.1. The van der Waals surface area contributed by atoms with E-state index in [0.29, 0.717) is 43.2 Å². The number of pyridine rings is 1. The molecule has 0 spiro atoms. The summed E-state index contributed by atoms with van der Waals surface area (Å²) in [5.41, 5.74) is 1.13. The predicted octanol–water partition coefficient (Wildman–Crippen LogP) is 3.89. The van der Waals surface area contributed by atoms with Crippen LogP contribution in [0.3, 0.4) is 0 Å². The van der Waals surface area contributed by atoms with Crippen molar-refractivity contribution in [3.05, 3.63) is 93.3 Å². The van der Waals surface area contributed by atoms with Crippen LogP contribution in [0.2, 0.25) is 0 Å². The van der Waals surface area contributed by atoms with Gasteiger partial charge in [0.15, 0.2) is 5.43 Å². The Morgan fingerprint density at radius 1 is 1.03 bits per heavy atom. The number of nitrogens with zero attached hydrogens (tertiary/aromatic N) is 5. The van der Waals surface area contributed by atoms with Gasteiger partial charge in [-0.2, -0.15) is 18.4 Å². The third-order valence-corrected chi connectivity index (χ3v) is 5.30. The van der Waals surface area contributed by atoms with Gasteiger partial charge in [-0.25, -0.2) is 19.9 Å². The smallest absolute Gasteiger partial charge is 0.419 e. The number of hydrogen-bond donors (Lipinski definition) is 2. The van der Waals surface area contributed by atoms with Gasteiger partial charge in [0.1, 0.15) is 17.6 Å². The zero-order valence-corrected chi connectivity index (χ0v) is 19.9. The van der Waals surface area contributed by atoms with E-state index >= 15 is 0 Å². The zero-order valence-electron chi connectivity index (χ0n) is 19.9. The van der Waals surface area contributed by atoms with Crippen molar-refractivity contribution in [3.8, 4) is 23.8 Å². The largest absolute Gasteiger partial charge is 0.467 e. The van der Waals surface area contributed by atoms with Crippen LogP contribution in [-0.2, 0) is 19.0 Å². The highest BCUT2D eigenvalue weighted by atomic mass is 19.4. The topological polar surface area (TPSA) is 139 Å². The highest BCUT2D eigenvalue weighted by molar-refractivity contribution is 5.47. The summed E-state index contributed by atoms with van der Waals surface area (Å²) in [7, 11) is 1.47. The van der Waals surface area contributed by atoms with Crippen LogP contribution in [0.15, 0.2) is 60.0 Å². The first-order chi connectivity index (χ1) is 18.2. The average Bonchev–Trinajstić information content (AvgIpc) is 2.91. The molecular weight excluding hydrogens is 503 g/mol. The number of alkyl halides is 3. The average molecular weight is 523 g/mol. The standard InChI is InChI=1S/C25H20F3N7O3/c1-37-23-32-10-16(11-33-23)7-18-12-31-22(8-20(18)36)30-5-4-15-2-3-21(17(6-15)9-29)38-24-34-13-19(14-35-24)25(26,27)28/h2-3,6,8,10-14H,4-5,7H2,1H3,(H2,30,31,36). The molecule has 13 heteroatoms. The fraction of sp³-hybridized carbons (Fsp3) is 0.200. The van der Waals surface area contributed by atoms with E-state index in [9.17, 15) is 23.2 Å². The van der Waals surface area contributed by atoms with Crippen molar-refractivity contribution in [2.75, 3.05) is 19.0 Å². The lowest BCUT2D eigenvalue weighted by Crippen LogP contribution is -2.13. The molecule has 0 aliphatic heterocycles.